The van der Waals surface area contributed by atoms with Crippen molar-refractivity contribution in [2.75, 3.05) is 0 Å². The summed E-state index contributed by atoms with van der Waals surface area (Å²) in [7, 11) is 0. The summed E-state index contributed by atoms with van der Waals surface area (Å²) in [6.45, 7) is 0.985. The van der Waals surface area contributed by atoms with Gasteiger partial charge in [0.1, 0.15) is 0 Å². The Labute approximate surface area is 213 Å². The van der Waals surface area contributed by atoms with E-state index in [2.05, 4.69) is 72.1 Å². The van der Waals surface area contributed by atoms with Crippen LogP contribution in [0.4, 0.5) is 0 Å². The summed E-state index contributed by atoms with van der Waals surface area (Å²) in [6.07, 6.45) is 24.2. The van der Waals surface area contributed by atoms with Crippen molar-refractivity contribution in [2.45, 2.75) is 101 Å². The highest BCUT2D eigenvalue weighted by Gasteiger charge is 2.31. The Balaban J connectivity index is 1.26. The molecule has 1 heterocycles. The largest absolute Gasteiger partial charge is 0.309 e. The van der Waals surface area contributed by atoms with E-state index in [9.17, 15) is 0 Å². The van der Waals surface area contributed by atoms with Crippen LogP contribution in [-0.4, -0.2) is 6.04 Å². The maximum absolute atomic E-state index is 3.95. The monoisotopic (exact) mass is 465 g/mol. The van der Waals surface area contributed by atoms with Crippen LogP contribution in [0.25, 0.3) is 0 Å². The van der Waals surface area contributed by atoms with Crippen LogP contribution in [0.5, 0.6) is 0 Å². The Kier molecular flexibility index (Phi) is 7.23. The molecule has 0 aromatic heterocycles. The molecule has 1 aliphatic heterocycles. The molecule has 35 heavy (non-hydrogen) atoms. The van der Waals surface area contributed by atoms with Crippen LogP contribution in [0.2, 0.25) is 0 Å². The molecule has 2 fully saturated rings. The van der Waals surface area contributed by atoms with Gasteiger partial charge in [0.25, 0.3) is 0 Å². The summed E-state index contributed by atoms with van der Waals surface area (Å²) < 4.78 is 0. The highest BCUT2D eigenvalue weighted by atomic mass is 14.9. The lowest BCUT2D eigenvalue weighted by molar-refractivity contribution is 0.285. The van der Waals surface area contributed by atoms with Gasteiger partial charge in [0.15, 0.2) is 0 Å². The van der Waals surface area contributed by atoms with Gasteiger partial charge in [-0.15, -0.1) is 0 Å². The van der Waals surface area contributed by atoms with E-state index in [1.165, 1.54) is 87.3 Å². The number of hydrogen-bond donors (Lipinski definition) is 1. The average Bonchev–Trinajstić information content (AvgIpc) is 2.95. The van der Waals surface area contributed by atoms with E-state index in [1.54, 1.807) is 11.1 Å². The number of hydrogen-bond acceptors (Lipinski definition) is 1. The molecule has 0 bridgehead atoms. The molecule has 184 valence electrons. The van der Waals surface area contributed by atoms with Crippen LogP contribution in [0.15, 0.2) is 72.3 Å². The van der Waals surface area contributed by atoms with Gasteiger partial charge in [-0.3, -0.25) is 0 Å². The zero-order chi connectivity index (χ0) is 23.5. The SMILES string of the molecule is C1=CC(C2CCCCC2)CC=C1C(c1ccc(C2CCCCC2)cc1)[C@H]1Cc2ccccc2CN1. The zero-order valence-corrected chi connectivity index (χ0v) is 21.4. The highest BCUT2D eigenvalue weighted by molar-refractivity contribution is 5.42. The Bertz CT molecular complexity index is 1030. The zero-order valence-electron chi connectivity index (χ0n) is 21.4. The molecular formula is C34H43N. The lowest BCUT2D eigenvalue weighted by atomic mass is 9.73. The molecule has 3 aliphatic carbocycles. The van der Waals surface area contributed by atoms with Crippen molar-refractivity contribution in [1.82, 2.24) is 5.32 Å². The van der Waals surface area contributed by atoms with Gasteiger partial charge in [0, 0.05) is 18.5 Å². The van der Waals surface area contributed by atoms with E-state index in [0.717, 1.165) is 30.7 Å². The van der Waals surface area contributed by atoms with E-state index in [0.29, 0.717) is 12.0 Å². The van der Waals surface area contributed by atoms with Crippen molar-refractivity contribution < 1.29 is 0 Å². The van der Waals surface area contributed by atoms with Crippen molar-refractivity contribution in [1.29, 1.82) is 0 Å². The van der Waals surface area contributed by atoms with Gasteiger partial charge in [-0.05, 0) is 84.1 Å². The van der Waals surface area contributed by atoms with Gasteiger partial charge < -0.3 is 5.32 Å². The van der Waals surface area contributed by atoms with E-state index >= 15 is 0 Å². The molecule has 2 unspecified atom stereocenters. The average molecular weight is 466 g/mol. The fraction of sp³-hybridized carbons (Fsp3) is 0.529. The van der Waals surface area contributed by atoms with Gasteiger partial charge >= 0.3 is 0 Å². The molecule has 6 rings (SSSR count). The Morgan fingerprint density at radius 2 is 1.46 bits per heavy atom. The molecule has 0 amide bonds. The Morgan fingerprint density at radius 3 is 2.17 bits per heavy atom. The number of nitrogens with one attached hydrogen (secondary N) is 1. The summed E-state index contributed by atoms with van der Waals surface area (Å²) in [6, 6.07) is 19.4. The van der Waals surface area contributed by atoms with E-state index in [1.807, 2.05) is 0 Å². The normalized spacial score (nSPS) is 26.7. The first kappa shape index (κ1) is 23.3. The van der Waals surface area contributed by atoms with Crippen LogP contribution < -0.4 is 5.32 Å². The minimum absolute atomic E-state index is 0.423. The number of allylic oxidation sites excluding steroid dienone is 3. The second-order valence-corrected chi connectivity index (χ2v) is 11.8. The van der Waals surface area contributed by atoms with Crippen LogP contribution in [-0.2, 0) is 13.0 Å². The lowest BCUT2D eigenvalue weighted by Gasteiger charge is -2.36. The number of fused-ring (bicyclic) bond motifs is 1. The van der Waals surface area contributed by atoms with Gasteiger partial charge in [-0.25, -0.2) is 0 Å². The van der Waals surface area contributed by atoms with Gasteiger partial charge in [0.05, 0.1) is 0 Å². The number of rotatable bonds is 5. The van der Waals surface area contributed by atoms with Crippen molar-refractivity contribution in [3.8, 4) is 0 Å². The van der Waals surface area contributed by atoms with Crippen LogP contribution >= 0.6 is 0 Å². The Hall–Kier alpha value is -2.12. The summed E-state index contributed by atoms with van der Waals surface area (Å²) >= 11 is 0. The van der Waals surface area contributed by atoms with Crippen molar-refractivity contribution >= 4 is 0 Å². The maximum Gasteiger partial charge on any atom is 0.0243 e. The summed E-state index contributed by atoms with van der Waals surface area (Å²) in [5.41, 5.74) is 7.61. The van der Waals surface area contributed by atoms with Crippen LogP contribution in [0.1, 0.15) is 105 Å². The fourth-order valence-corrected chi connectivity index (χ4v) is 7.58. The summed E-state index contributed by atoms with van der Waals surface area (Å²) in [5, 5.41) is 3.95. The smallest absolute Gasteiger partial charge is 0.0243 e. The van der Waals surface area contributed by atoms with Gasteiger partial charge in [-0.2, -0.15) is 0 Å². The second-order valence-electron chi connectivity index (χ2n) is 11.8. The van der Waals surface area contributed by atoms with Crippen LogP contribution in [0, 0.1) is 11.8 Å². The first-order valence-corrected chi connectivity index (χ1v) is 14.6. The first-order chi connectivity index (χ1) is 17.3. The summed E-state index contributed by atoms with van der Waals surface area (Å²) in [4.78, 5) is 0. The van der Waals surface area contributed by atoms with Gasteiger partial charge in [-0.1, -0.05) is 105 Å². The third kappa shape index (κ3) is 5.21. The number of benzene rings is 2. The minimum Gasteiger partial charge on any atom is -0.309 e. The van der Waals surface area contributed by atoms with Gasteiger partial charge in [0.2, 0.25) is 0 Å². The van der Waals surface area contributed by atoms with E-state index < -0.39 is 0 Å². The lowest BCUT2D eigenvalue weighted by Crippen LogP contribution is -2.41. The molecule has 0 spiro atoms. The van der Waals surface area contributed by atoms with Crippen molar-refractivity contribution in [2.24, 2.45) is 11.8 Å². The molecular weight excluding hydrogens is 422 g/mol. The molecule has 1 heteroatoms. The molecule has 1 N–H and O–H groups in total. The second kappa shape index (κ2) is 10.9. The Morgan fingerprint density at radius 1 is 0.743 bits per heavy atom. The molecule has 2 aromatic carbocycles. The van der Waals surface area contributed by atoms with E-state index in [4.69, 9.17) is 0 Å². The molecule has 2 saturated carbocycles. The standard InChI is InChI=1S/C34H43N/c1-3-9-25(10-4-1)27-15-19-29(20-16-27)34(33-23-31-13-7-8-14-32(31)24-35-33)30-21-17-28(18-22-30)26-11-5-2-6-12-26/h7-8,13-17,19-22,25-26,28,33-35H,1-6,9-12,18,23-24H2/t28?,33-,34?/m1/s1. The van der Waals surface area contributed by atoms with Crippen molar-refractivity contribution in [3.05, 3.63) is 94.6 Å². The molecule has 4 aliphatic rings. The fourth-order valence-electron chi connectivity index (χ4n) is 7.58. The third-order valence-corrected chi connectivity index (χ3v) is 9.66. The topological polar surface area (TPSA) is 12.0 Å². The molecule has 0 radical (unpaired) electrons. The maximum atomic E-state index is 3.95. The third-order valence-electron chi connectivity index (χ3n) is 9.66. The minimum atomic E-state index is 0.423. The highest BCUT2D eigenvalue weighted by Crippen LogP contribution is 2.40. The predicted molar refractivity (Wildman–Crippen MR) is 148 cm³/mol. The molecule has 3 atom stereocenters. The quantitative estimate of drug-likeness (QED) is 0.466. The molecule has 0 saturated heterocycles. The summed E-state index contributed by atoms with van der Waals surface area (Å²) in [5.74, 6) is 2.87. The van der Waals surface area contributed by atoms with Crippen LogP contribution in [0.3, 0.4) is 0 Å². The molecule has 2 aromatic rings. The van der Waals surface area contributed by atoms with E-state index in [-0.39, 0.29) is 0 Å². The first-order valence-electron chi connectivity index (χ1n) is 14.6. The predicted octanol–water partition coefficient (Wildman–Crippen LogP) is 8.62. The molecule has 1 nitrogen and oxygen atoms in total. The van der Waals surface area contributed by atoms with Crippen molar-refractivity contribution in [3.63, 3.8) is 0 Å².